The molecular weight excluding hydrogens is 450 g/mol. The Kier molecular flexibility index (Phi) is 6.05. The zero-order chi connectivity index (χ0) is 23.7. The first-order valence-electron chi connectivity index (χ1n) is 11.5. The van der Waals surface area contributed by atoms with E-state index in [9.17, 15) is 14.4 Å². The number of carbonyl (C=O) groups is 3. The average Bonchev–Trinajstić information content (AvgIpc) is 3.52. The second-order valence-corrected chi connectivity index (χ2v) is 10.1. The van der Waals surface area contributed by atoms with Crippen molar-refractivity contribution in [3.05, 3.63) is 65.2 Å². The van der Waals surface area contributed by atoms with Crippen LogP contribution in [0.25, 0.3) is 10.2 Å². The van der Waals surface area contributed by atoms with Crippen LogP contribution in [0.4, 0.5) is 4.79 Å². The fraction of sp³-hybridized carbons (Fsp3) is 0.360. The average molecular weight is 478 g/mol. The molecule has 0 aliphatic carbocycles. The van der Waals surface area contributed by atoms with Gasteiger partial charge in [-0.2, -0.15) is 5.01 Å². The highest BCUT2D eigenvalue weighted by Gasteiger charge is 2.48. The van der Waals surface area contributed by atoms with Crippen molar-refractivity contribution in [3.63, 3.8) is 0 Å². The topological polar surface area (TPSA) is 94.6 Å². The molecule has 9 heteroatoms. The maximum absolute atomic E-state index is 13.0. The molecular formula is C25H27N5O3S. The van der Waals surface area contributed by atoms with Crippen LogP contribution in [-0.4, -0.2) is 51.4 Å². The normalized spacial score (nSPS) is 23.0. The Labute approximate surface area is 201 Å². The van der Waals surface area contributed by atoms with Gasteiger partial charge in [-0.1, -0.05) is 42.5 Å². The SMILES string of the molecule is C[C@@]1(CCc2ccccc2)NC(=O)N(NC(=O)CN2CCC[C@H]2c2nc3ccccc3s2)C1=O. The van der Waals surface area contributed by atoms with E-state index in [-0.39, 0.29) is 18.5 Å². The van der Waals surface area contributed by atoms with Crippen LogP contribution >= 0.6 is 11.3 Å². The molecule has 2 atom stereocenters. The summed E-state index contributed by atoms with van der Waals surface area (Å²) < 4.78 is 1.13. The number of amides is 4. The number of nitrogens with one attached hydrogen (secondary N) is 2. The Bertz CT molecular complexity index is 1200. The third-order valence-electron chi connectivity index (χ3n) is 6.56. The molecule has 176 valence electrons. The molecule has 0 unspecified atom stereocenters. The van der Waals surface area contributed by atoms with Crippen molar-refractivity contribution in [3.8, 4) is 0 Å². The quantitative estimate of drug-likeness (QED) is 0.509. The summed E-state index contributed by atoms with van der Waals surface area (Å²) in [7, 11) is 0. The minimum Gasteiger partial charge on any atom is -0.322 e. The summed E-state index contributed by atoms with van der Waals surface area (Å²) in [5.74, 6) is -0.824. The van der Waals surface area contributed by atoms with Gasteiger partial charge < -0.3 is 5.32 Å². The number of hydrogen-bond donors (Lipinski definition) is 2. The molecule has 2 fully saturated rings. The molecule has 3 aromatic rings. The van der Waals surface area contributed by atoms with E-state index in [4.69, 9.17) is 4.98 Å². The molecule has 34 heavy (non-hydrogen) atoms. The van der Waals surface area contributed by atoms with Crippen molar-refractivity contribution in [1.29, 1.82) is 0 Å². The largest absolute Gasteiger partial charge is 0.344 e. The zero-order valence-corrected chi connectivity index (χ0v) is 19.8. The number of urea groups is 1. The number of hydrogen-bond acceptors (Lipinski definition) is 6. The van der Waals surface area contributed by atoms with E-state index in [1.807, 2.05) is 48.5 Å². The number of aromatic nitrogens is 1. The molecule has 8 nitrogen and oxygen atoms in total. The lowest BCUT2D eigenvalue weighted by molar-refractivity contribution is -0.139. The van der Waals surface area contributed by atoms with E-state index in [1.54, 1.807) is 18.3 Å². The molecule has 0 bridgehead atoms. The van der Waals surface area contributed by atoms with Gasteiger partial charge in [-0.3, -0.25) is 19.9 Å². The molecule has 5 rings (SSSR count). The van der Waals surface area contributed by atoms with Crippen LogP contribution in [0.5, 0.6) is 0 Å². The summed E-state index contributed by atoms with van der Waals surface area (Å²) in [5.41, 5.74) is 3.53. The van der Waals surface area contributed by atoms with E-state index in [0.717, 1.165) is 45.2 Å². The Morgan fingerprint density at radius 1 is 1.18 bits per heavy atom. The van der Waals surface area contributed by atoms with E-state index >= 15 is 0 Å². The Balaban J connectivity index is 1.21. The van der Waals surface area contributed by atoms with E-state index in [1.165, 1.54) is 0 Å². The van der Waals surface area contributed by atoms with Crippen molar-refractivity contribution in [2.24, 2.45) is 0 Å². The molecule has 2 N–H and O–H groups in total. The van der Waals surface area contributed by atoms with Crippen LogP contribution in [0.3, 0.4) is 0 Å². The number of thiazole rings is 1. The number of para-hydroxylation sites is 1. The van der Waals surface area contributed by atoms with Crippen molar-refractivity contribution in [1.82, 2.24) is 25.6 Å². The number of imide groups is 1. The van der Waals surface area contributed by atoms with Crippen LogP contribution in [0.1, 0.15) is 42.8 Å². The monoisotopic (exact) mass is 477 g/mol. The fourth-order valence-corrected chi connectivity index (χ4v) is 5.80. The van der Waals surface area contributed by atoms with Gasteiger partial charge >= 0.3 is 6.03 Å². The predicted molar refractivity (Wildman–Crippen MR) is 130 cm³/mol. The van der Waals surface area contributed by atoms with Gasteiger partial charge in [0, 0.05) is 0 Å². The lowest BCUT2D eigenvalue weighted by Crippen LogP contribution is -2.51. The maximum Gasteiger partial charge on any atom is 0.344 e. The smallest absolute Gasteiger partial charge is 0.322 e. The van der Waals surface area contributed by atoms with E-state index < -0.39 is 17.5 Å². The van der Waals surface area contributed by atoms with Crippen molar-refractivity contribution in [2.45, 2.75) is 44.2 Å². The van der Waals surface area contributed by atoms with Gasteiger partial charge in [0.25, 0.3) is 11.8 Å². The summed E-state index contributed by atoms with van der Waals surface area (Å²) in [6, 6.07) is 17.3. The molecule has 4 amide bonds. The standard InChI is InChI=1S/C25H27N5O3S/c1-25(14-13-17-8-3-2-4-9-17)23(32)30(24(33)27-25)28-21(31)16-29-15-7-11-19(29)22-26-18-10-5-6-12-20(18)34-22/h2-6,8-10,12,19H,7,11,13-16H2,1H3,(H,27,33)(H,28,31)/t19-,25-/m0/s1. The van der Waals surface area contributed by atoms with Crippen molar-refractivity contribution in [2.75, 3.05) is 13.1 Å². The molecule has 2 saturated heterocycles. The summed E-state index contributed by atoms with van der Waals surface area (Å²) in [6.45, 7) is 2.56. The molecule has 3 heterocycles. The molecule has 0 saturated carbocycles. The lowest BCUT2D eigenvalue weighted by atomic mass is 9.93. The van der Waals surface area contributed by atoms with Crippen LogP contribution in [-0.2, 0) is 16.0 Å². The first kappa shape index (κ1) is 22.5. The molecule has 1 aromatic heterocycles. The van der Waals surface area contributed by atoms with Gasteiger partial charge in [0.1, 0.15) is 10.5 Å². The van der Waals surface area contributed by atoms with Gasteiger partial charge in [0.15, 0.2) is 0 Å². The molecule has 2 aliphatic rings. The number of benzene rings is 2. The van der Waals surface area contributed by atoms with E-state index in [0.29, 0.717) is 12.8 Å². The first-order chi connectivity index (χ1) is 16.4. The van der Waals surface area contributed by atoms with Crippen LogP contribution < -0.4 is 10.7 Å². The number of carbonyl (C=O) groups excluding carboxylic acids is 3. The van der Waals surface area contributed by atoms with Crippen LogP contribution in [0.15, 0.2) is 54.6 Å². The second kappa shape index (κ2) is 9.15. The Morgan fingerprint density at radius 2 is 1.94 bits per heavy atom. The van der Waals surface area contributed by atoms with Gasteiger partial charge in [0.05, 0.1) is 22.8 Å². The lowest BCUT2D eigenvalue weighted by Gasteiger charge is -2.24. The second-order valence-electron chi connectivity index (χ2n) is 9.07. The van der Waals surface area contributed by atoms with Crippen LogP contribution in [0, 0.1) is 0 Å². The summed E-state index contributed by atoms with van der Waals surface area (Å²) >= 11 is 1.65. The maximum atomic E-state index is 13.0. The Morgan fingerprint density at radius 3 is 2.74 bits per heavy atom. The zero-order valence-electron chi connectivity index (χ0n) is 19.0. The predicted octanol–water partition coefficient (Wildman–Crippen LogP) is 3.41. The van der Waals surface area contributed by atoms with Gasteiger partial charge in [-0.25, -0.2) is 9.78 Å². The first-order valence-corrected chi connectivity index (χ1v) is 12.3. The third kappa shape index (κ3) is 4.41. The number of likely N-dealkylation sites (tertiary alicyclic amines) is 1. The highest BCUT2D eigenvalue weighted by molar-refractivity contribution is 7.18. The third-order valence-corrected chi connectivity index (χ3v) is 7.70. The number of hydrazine groups is 1. The molecule has 2 aromatic carbocycles. The van der Waals surface area contributed by atoms with Gasteiger partial charge in [0.2, 0.25) is 0 Å². The number of fused-ring (bicyclic) bond motifs is 1. The van der Waals surface area contributed by atoms with Crippen LogP contribution in [0.2, 0.25) is 0 Å². The number of nitrogens with zero attached hydrogens (tertiary/aromatic N) is 3. The van der Waals surface area contributed by atoms with Gasteiger partial charge in [-0.15, -0.1) is 11.3 Å². The fourth-order valence-electron chi connectivity index (χ4n) is 4.67. The highest BCUT2D eigenvalue weighted by atomic mass is 32.1. The van der Waals surface area contributed by atoms with Crippen molar-refractivity contribution >= 4 is 39.4 Å². The summed E-state index contributed by atoms with van der Waals surface area (Å²) in [4.78, 5) is 45.2. The van der Waals surface area contributed by atoms with Crippen molar-refractivity contribution < 1.29 is 14.4 Å². The Hall–Kier alpha value is -3.30. The molecule has 0 radical (unpaired) electrons. The minimum atomic E-state index is -1.06. The van der Waals surface area contributed by atoms with Gasteiger partial charge in [-0.05, 0) is 56.8 Å². The summed E-state index contributed by atoms with van der Waals surface area (Å²) in [5, 5.41) is 4.57. The number of aryl methyl sites for hydroxylation is 1. The summed E-state index contributed by atoms with van der Waals surface area (Å²) in [6.07, 6.45) is 2.98. The van der Waals surface area contributed by atoms with E-state index in [2.05, 4.69) is 21.7 Å². The highest BCUT2D eigenvalue weighted by Crippen LogP contribution is 2.36. The molecule has 0 spiro atoms. The number of rotatable bonds is 7. The minimum absolute atomic E-state index is 0.0578. The molecule has 2 aliphatic heterocycles.